The van der Waals surface area contributed by atoms with Crippen LogP contribution >= 0.6 is 0 Å². The minimum Gasteiger partial charge on any atom is -0.229 e. The highest BCUT2D eigenvalue weighted by Gasteiger charge is 2.44. The molecule has 0 amide bonds. The number of aryl methyl sites for hydroxylation is 1. The van der Waals surface area contributed by atoms with Gasteiger partial charge in [0.25, 0.3) is 17.8 Å². The normalized spacial score (nSPS) is 14.8. The molecule has 1 fully saturated rings. The van der Waals surface area contributed by atoms with Crippen LogP contribution in [0.1, 0.15) is 22.9 Å². The molecule has 192 valence electrons. The van der Waals surface area contributed by atoms with Crippen LogP contribution in [-0.2, 0) is 0 Å². The predicted octanol–water partition coefficient (Wildman–Crippen LogP) is 3.72. The summed E-state index contributed by atoms with van der Waals surface area (Å²) in [5.41, 5.74) is -9.25. The topological polar surface area (TPSA) is 149 Å². The van der Waals surface area contributed by atoms with Crippen LogP contribution in [0.15, 0.2) is 16.7 Å². The Labute approximate surface area is 210 Å². The van der Waals surface area contributed by atoms with E-state index in [0.29, 0.717) is 0 Å². The van der Waals surface area contributed by atoms with Crippen LogP contribution in [0.3, 0.4) is 0 Å². The fraction of sp³-hybridized carbons (Fsp3) is 0.0455. The van der Waals surface area contributed by atoms with Crippen LogP contribution in [-0.4, -0.2) is 29.9 Å². The Balaban J connectivity index is 2.23. The Hall–Kier alpha value is -5.63. The lowest BCUT2D eigenvalue weighted by molar-refractivity contribution is 0.423. The molecule has 0 unspecified atom stereocenters. The molecule has 0 aromatic carbocycles. The van der Waals surface area contributed by atoms with Crippen molar-refractivity contribution in [1.82, 2.24) is 29.9 Å². The molecule has 1 aliphatic rings. The average Bonchev–Trinajstić information content (AvgIpc) is 3.58. The predicted molar refractivity (Wildman–Crippen MR) is 108 cm³/mol. The maximum absolute atomic E-state index is 14.6. The molecular weight excluding hydrogens is 542 g/mol. The van der Waals surface area contributed by atoms with Crippen molar-refractivity contribution in [3.63, 3.8) is 0 Å². The molecule has 0 aliphatic heterocycles. The smallest absolute Gasteiger partial charge is 0.229 e. The molecule has 39 heavy (non-hydrogen) atoms. The van der Waals surface area contributed by atoms with Crippen molar-refractivity contribution in [2.45, 2.75) is 6.92 Å². The van der Waals surface area contributed by atoms with E-state index in [4.69, 9.17) is 0 Å². The summed E-state index contributed by atoms with van der Waals surface area (Å²) in [7, 11) is 0. The van der Waals surface area contributed by atoms with Gasteiger partial charge in [0.2, 0.25) is 17.5 Å². The van der Waals surface area contributed by atoms with Crippen molar-refractivity contribution in [3.8, 4) is 18.2 Å². The largest absolute Gasteiger partial charge is 0.312 e. The molecule has 3 aromatic rings. The third-order valence-corrected chi connectivity index (χ3v) is 4.97. The minimum atomic E-state index is -2.06. The van der Waals surface area contributed by atoms with Crippen molar-refractivity contribution in [3.05, 3.63) is 87.1 Å². The first-order valence-electron chi connectivity index (χ1n) is 9.87. The second kappa shape index (κ2) is 9.68. The summed E-state index contributed by atoms with van der Waals surface area (Å²) in [5.74, 6) is -12.0. The molecular formula is C22H3F8N9. The summed E-state index contributed by atoms with van der Waals surface area (Å²) >= 11 is 0. The minimum absolute atomic E-state index is 0.410. The lowest BCUT2D eigenvalue weighted by atomic mass is 10.1. The van der Waals surface area contributed by atoms with Gasteiger partial charge in [-0.2, -0.15) is 70.8 Å². The van der Waals surface area contributed by atoms with E-state index in [2.05, 4.69) is 29.9 Å². The monoisotopic (exact) mass is 545 g/mol. The summed E-state index contributed by atoms with van der Waals surface area (Å²) in [5, 5.41) is 29.2. The molecule has 3 aromatic heterocycles. The fourth-order valence-corrected chi connectivity index (χ4v) is 3.43. The maximum Gasteiger partial charge on any atom is 0.312 e. The number of aromatic nitrogens is 6. The first kappa shape index (κ1) is 26.4. The van der Waals surface area contributed by atoms with Gasteiger partial charge < -0.3 is 0 Å². The van der Waals surface area contributed by atoms with Crippen molar-refractivity contribution in [1.29, 1.82) is 15.8 Å². The molecule has 4 rings (SSSR count). The van der Waals surface area contributed by atoms with Crippen molar-refractivity contribution in [2.24, 2.45) is 0 Å². The van der Waals surface area contributed by atoms with Crippen molar-refractivity contribution in [2.75, 3.05) is 0 Å². The molecule has 0 N–H and O–H groups in total. The number of nitriles is 3. The van der Waals surface area contributed by atoms with E-state index in [1.54, 1.807) is 0 Å². The van der Waals surface area contributed by atoms with Gasteiger partial charge in [0.05, 0.1) is 16.7 Å². The van der Waals surface area contributed by atoms with Gasteiger partial charge in [-0.15, -0.1) is 0 Å². The third-order valence-electron chi connectivity index (χ3n) is 4.97. The average molecular weight is 545 g/mol. The summed E-state index contributed by atoms with van der Waals surface area (Å²) in [6, 6.07) is 4.07. The van der Waals surface area contributed by atoms with E-state index in [1.807, 2.05) is 0 Å². The zero-order valence-electron chi connectivity index (χ0n) is 18.5. The van der Waals surface area contributed by atoms with Crippen LogP contribution in [0.25, 0.3) is 16.7 Å². The Morgan fingerprint density at radius 3 is 1.13 bits per heavy atom. The van der Waals surface area contributed by atoms with Crippen LogP contribution in [0.2, 0.25) is 0 Å². The first-order chi connectivity index (χ1) is 18.4. The summed E-state index contributed by atoms with van der Waals surface area (Å²) in [6.07, 6.45) is -3.72. The standard InChI is InChI=1S/C22H3F8N9/c1-5-34-15(12(23)18(26)35-5)6(2-31)9-10(7(3-32)16-13(24)19(27)38-21(29)36-16)11(9)8(4-33)17-14(25)20(28)39-22(30)37-17/h1H3. The highest BCUT2D eigenvalue weighted by molar-refractivity contribution is 6.11. The SMILES string of the molecule is Cc1nc(F)c(F)c(C(C#N)=C2C(=C(C#N)c3nc(F)nc(F)c3F)C2=C(C#N)c2nc(F)nc(F)c2F)n1. The lowest BCUT2D eigenvalue weighted by Gasteiger charge is -2.02. The van der Waals surface area contributed by atoms with Crippen molar-refractivity contribution >= 4 is 16.7 Å². The van der Waals surface area contributed by atoms with E-state index in [0.717, 1.165) is 6.92 Å². The first-order valence-corrected chi connectivity index (χ1v) is 9.87. The highest BCUT2D eigenvalue weighted by Crippen LogP contribution is 2.55. The van der Waals surface area contributed by atoms with Gasteiger partial charge in [0.15, 0.2) is 0 Å². The van der Waals surface area contributed by atoms with Crippen LogP contribution < -0.4 is 0 Å². The number of rotatable bonds is 3. The molecule has 0 bridgehead atoms. The summed E-state index contributed by atoms with van der Waals surface area (Å²) in [6.45, 7) is 1.09. The van der Waals surface area contributed by atoms with Gasteiger partial charge in [0.1, 0.15) is 41.1 Å². The molecule has 3 heterocycles. The van der Waals surface area contributed by atoms with Crippen LogP contribution in [0, 0.1) is 88.4 Å². The van der Waals surface area contributed by atoms with E-state index >= 15 is 0 Å². The Kier molecular flexibility index (Phi) is 6.56. The van der Waals surface area contributed by atoms with E-state index in [9.17, 15) is 50.9 Å². The maximum atomic E-state index is 14.6. The molecule has 0 saturated heterocycles. The molecule has 0 radical (unpaired) electrons. The zero-order chi connectivity index (χ0) is 28.8. The molecule has 0 atom stereocenters. The Bertz CT molecular complexity index is 1620. The molecule has 1 aliphatic carbocycles. The van der Waals surface area contributed by atoms with Crippen molar-refractivity contribution < 1.29 is 35.1 Å². The summed E-state index contributed by atoms with van der Waals surface area (Å²) in [4.78, 5) is 17.6. The number of hydrogen-bond acceptors (Lipinski definition) is 9. The third kappa shape index (κ3) is 4.40. The van der Waals surface area contributed by atoms with Gasteiger partial charge in [0, 0.05) is 16.7 Å². The molecule has 0 spiro atoms. The van der Waals surface area contributed by atoms with E-state index in [-0.39, 0.29) is 0 Å². The van der Waals surface area contributed by atoms with E-state index in [1.165, 1.54) is 18.2 Å². The van der Waals surface area contributed by atoms with Gasteiger partial charge >= 0.3 is 12.2 Å². The van der Waals surface area contributed by atoms with Crippen LogP contribution in [0.5, 0.6) is 0 Å². The van der Waals surface area contributed by atoms with Gasteiger partial charge in [-0.25, -0.2) is 9.97 Å². The number of hydrogen-bond donors (Lipinski definition) is 0. The molecule has 1 saturated carbocycles. The van der Waals surface area contributed by atoms with Crippen LogP contribution in [0.4, 0.5) is 35.1 Å². The number of nitrogens with zero attached hydrogens (tertiary/aromatic N) is 9. The second-order valence-electron chi connectivity index (χ2n) is 7.20. The molecule has 17 heteroatoms. The summed E-state index contributed by atoms with van der Waals surface area (Å²) < 4.78 is 113. The van der Waals surface area contributed by atoms with Gasteiger partial charge in [-0.05, 0) is 6.92 Å². The number of allylic oxidation sites excluding steroid dienone is 6. The van der Waals surface area contributed by atoms with E-state index < -0.39 is 104 Å². The van der Waals surface area contributed by atoms with Gasteiger partial charge in [-0.3, -0.25) is 0 Å². The quantitative estimate of drug-likeness (QED) is 0.208. The Morgan fingerprint density at radius 1 is 0.487 bits per heavy atom. The number of halogens is 8. The molecule has 9 nitrogen and oxygen atoms in total. The fourth-order valence-electron chi connectivity index (χ4n) is 3.43. The van der Waals surface area contributed by atoms with Gasteiger partial charge in [-0.1, -0.05) is 0 Å². The lowest BCUT2D eigenvalue weighted by Crippen LogP contribution is -2.05. The Morgan fingerprint density at radius 2 is 0.795 bits per heavy atom. The highest BCUT2D eigenvalue weighted by atomic mass is 19.2. The second-order valence-corrected chi connectivity index (χ2v) is 7.20. The zero-order valence-corrected chi connectivity index (χ0v) is 18.5.